The fraction of sp³-hybridized carbons (Fsp3) is 0.0909. The Labute approximate surface area is 77.2 Å². The number of para-hydroxylation sites is 1. The summed E-state index contributed by atoms with van der Waals surface area (Å²) in [7, 11) is 0. The second-order valence-corrected chi connectivity index (χ2v) is 2.70. The van der Waals surface area contributed by atoms with E-state index in [1.807, 2.05) is 43.3 Å². The summed E-state index contributed by atoms with van der Waals surface area (Å²) < 4.78 is 5.18. The van der Waals surface area contributed by atoms with Crippen molar-refractivity contribution in [1.29, 1.82) is 0 Å². The van der Waals surface area contributed by atoms with Crippen molar-refractivity contribution in [3.05, 3.63) is 43.0 Å². The van der Waals surface area contributed by atoms with Crippen molar-refractivity contribution < 1.29 is 4.74 Å². The molecule has 0 unspecified atom stereocenters. The van der Waals surface area contributed by atoms with E-state index in [1.54, 1.807) is 6.61 Å². The monoisotopic (exact) mass is 172 g/mol. The predicted molar refractivity (Wildman–Crippen MR) is 52.3 cm³/mol. The van der Waals surface area contributed by atoms with Crippen LogP contribution in [0.5, 0.6) is 5.88 Å². The van der Waals surface area contributed by atoms with Gasteiger partial charge < -0.3 is 4.74 Å². The number of aromatic nitrogens is 1. The smallest absolute Gasteiger partial charge is 0.214 e. The van der Waals surface area contributed by atoms with Crippen LogP contribution >= 0.6 is 0 Å². The van der Waals surface area contributed by atoms with Crippen LogP contribution in [0.4, 0.5) is 0 Å². The van der Waals surface area contributed by atoms with Crippen LogP contribution in [0.3, 0.4) is 0 Å². The summed E-state index contributed by atoms with van der Waals surface area (Å²) in [5.74, 6) is 0.640. The van der Waals surface area contributed by atoms with Crippen molar-refractivity contribution in [2.45, 2.75) is 6.92 Å². The SMILES string of the molecule is C[CH]Oc1ccc2ccccc2n1. The van der Waals surface area contributed by atoms with Crippen LogP contribution in [0.25, 0.3) is 10.9 Å². The van der Waals surface area contributed by atoms with Gasteiger partial charge in [-0.2, -0.15) is 0 Å². The minimum Gasteiger partial charge on any atom is -0.471 e. The van der Waals surface area contributed by atoms with Gasteiger partial charge in [-0.3, -0.25) is 0 Å². The minimum atomic E-state index is 0.640. The summed E-state index contributed by atoms with van der Waals surface area (Å²) in [6, 6.07) is 11.8. The minimum absolute atomic E-state index is 0.640. The summed E-state index contributed by atoms with van der Waals surface area (Å²) in [5.41, 5.74) is 0.960. The van der Waals surface area contributed by atoms with E-state index in [2.05, 4.69) is 4.98 Å². The maximum atomic E-state index is 5.18. The zero-order valence-corrected chi connectivity index (χ0v) is 7.40. The zero-order chi connectivity index (χ0) is 9.10. The van der Waals surface area contributed by atoms with Crippen LogP contribution < -0.4 is 4.74 Å². The highest BCUT2D eigenvalue weighted by Crippen LogP contribution is 2.16. The largest absolute Gasteiger partial charge is 0.471 e. The lowest BCUT2D eigenvalue weighted by molar-refractivity contribution is 0.402. The molecule has 2 nitrogen and oxygen atoms in total. The topological polar surface area (TPSA) is 22.1 Å². The van der Waals surface area contributed by atoms with Crippen molar-refractivity contribution in [2.75, 3.05) is 0 Å². The maximum absolute atomic E-state index is 5.18. The van der Waals surface area contributed by atoms with Gasteiger partial charge in [0.05, 0.1) is 5.52 Å². The first kappa shape index (κ1) is 8.05. The van der Waals surface area contributed by atoms with Crippen LogP contribution in [0.2, 0.25) is 0 Å². The summed E-state index contributed by atoms with van der Waals surface area (Å²) in [6.07, 6.45) is 0. The second-order valence-electron chi connectivity index (χ2n) is 2.70. The maximum Gasteiger partial charge on any atom is 0.214 e. The van der Waals surface area contributed by atoms with Gasteiger partial charge >= 0.3 is 0 Å². The van der Waals surface area contributed by atoms with E-state index in [0.29, 0.717) is 5.88 Å². The standard InChI is InChI=1S/C11H10NO/c1-2-13-11-8-7-9-5-3-4-6-10(9)12-11/h2-8H,1H3. The van der Waals surface area contributed by atoms with Crippen molar-refractivity contribution in [2.24, 2.45) is 0 Å². The Morgan fingerprint density at radius 3 is 2.85 bits per heavy atom. The van der Waals surface area contributed by atoms with Gasteiger partial charge in [-0.25, -0.2) is 4.98 Å². The molecule has 1 radical (unpaired) electrons. The molecule has 0 saturated carbocycles. The van der Waals surface area contributed by atoms with Crippen molar-refractivity contribution in [1.82, 2.24) is 4.98 Å². The lowest BCUT2D eigenvalue weighted by Gasteiger charge is -2.01. The van der Waals surface area contributed by atoms with Crippen LogP contribution in [-0.4, -0.2) is 4.98 Å². The number of fused-ring (bicyclic) bond motifs is 1. The summed E-state index contributed by atoms with van der Waals surface area (Å²) >= 11 is 0. The molecule has 0 aliphatic rings. The Morgan fingerprint density at radius 2 is 2.00 bits per heavy atom. The number of benzene rings is 1. The summed E-state index contributed by atoms with van der Waals surface area (Å²) in [4.78, 5) is 4.31. The third-order valence-corrected chi connectivity index (χ3v) is 1.81. The summed E-state index contributed by atoms with van der Waals surface area (Å²) in [6.45, 7) is 3.45. The first-order valence-corrected chi connectivity index (χ1v) is 4.20. The van der Waals surface area contributed by atoms with E-state index < -0.39 is 0 Å². The normalized spacial score (nSPS) is 10.2. The molecule has 2 rings (SSSR count). The van der Waals surface area contributed by atoms with Gasteiger partial charge in [0.2, 0.25) is 5.88 Å². The lowest BCUT2D eigenvalue weighted by Crippen LogP contribution is -1.89. The van der Waals surface area contributed by atoms with Crippen molar-refractivity contribution >= 4 is 10.9 Å². The molecule has 2 aromatic rings. The Morgan fingerprint density at radius 1 is 1.15 bits per heavy atom. The fourth-order valence-corrected chi connectivity index (χ4v) is 1.23. The average Bonchev–Trinajstić information content (AvgIpc) is 2.18. The highest BCUT2D eigenvalue weighted by molar-refractivity contribution is 5.78. The highest BCUT2D eigenvalue weighted by atomic mass is 16.5. The number of ether oxygens (including phenoxy) is 1. The molecule has 0 N–H and O–H groups in total. The first-order chi connectivity index (χ1) is 6.40. The number of nitrogens with zero attached hydrogens (tertiary/aromatic N) is 1. The van der Waals surface area contributed by atoms with Gasteiger partial charge in [-0.05, 0) is 19.1 Å². The van der Waals surface area contributed by atoms with Gasteiger partial charge in [0.15, 0.2) is 0 Å². The predicted octanol–water partition coefficient (Wildman–Crippen LogP) is 2.80. The molecule has 0 bridgehead atoms. The lowest BCUT2D eigenvalue weighted by atomic mass is 10.2. The molecule has 0 aliphatic heterocycles. The Bertz CT molecular complexity index is 412. The molecular formula is C11H10NO. The Kier molecular flexibility index (Phi) is 2.13. The molecule has 65 valence electrons. The van der Waals surface area contributed by atoms with E-state index >= 15 is 0 Å². The molecule has 1 aromatic heterocycles. The van der Waals surface area contributed by atoms with Crippen molar-refractivity contribution in [3.8, 4) is 5.88 Å². The number of hydrogen-bond acceptors (Lipinski definition) is 2. The molecule has 1 aromatic carbocycles. The molecule has 1 heterocycles. The average molecular weight is 172 g/mol. The Balaban J connectivity index is 2.49. The first-order valence-electron chi connectivity index (χ1n) is 4.20. The van der Waals surface area contributed by atoms with Gasteiger partial charge in [-0.15, -0.1) is 0 Å². The third-order valence-electron chi connectivity index (χ3n) is 1.81. The second kappa shape index (κ2) is 3.44. The van der Waals surface area contributed by atoms with Crippen LogP contribution in [0.1, 0.15) is 6.92 Å². The van der Waals surface area contributed by atoms with E-state index in [1.165, 1.54) is 0 Å². The molecule has 0 fully saturated rings. The van der Waals surface area contributed by atoms with Gasteiger partial charge in [0.25, 0.3) is 0 Å². The van der Waals surface area contributed by atoms with E-state index in [9.17, 15) is 0 Å². The molecule has 0 aliphatic carbocycles. The third kappa shape index (κ3) is 1.61. The molecule has 13 heavy (non-hydrogen) atoms. The highest BCUT2D eigenvalue weighted by Gasteiger charge is 1.96. The molecule has 0 saturated heterocycles. The Hall–Kier alpha value is -1.57. The van der Waals surface area contributed by atoms with E-state index in [0.717, 1.165) is 10.9 Å². The van der Waals surface area contributed by atoms with Gasteiger partial charge in [0, 0.05) is 11.5 Å². The number of pyridine rings is 1. The fourth-order valence-electron chi connectivity index (χ4n) is 1.23. The molecular weight excluding hydrogens is 162 g/mol. The quantitative estimate of drug-likeness (QED) is 0.694. The van der Waals surface area contributed by atoms with Gasteiger partial charge in [0.1, 0.15) is 6.61 Å². The van der Waals surface area contributed by atoms with E-state index in [-0.39, 0.29) is 0 Å². The number of hydrogen-bond donors (Lipinski definition) is 0. The van der Waals surface area contributed by atoms with Gasteiger partial charge in [-0.1, -0.05) is 18.2 Å². The molecule has 0 atom stereocenters. The molecule has 0 amide bonds. The molecule has 0 spiro atoms. The van der Waals surface area contributed by atoms with Crippen LogP contribution in [0.15, 0.2) is 36.4 Å². The van der Waals surface area contributed by atoms with Crippen LogP contribution in [0, 0.1) is 6.61 Å². The summed E-state index contributed by atoms with van der Waals surface area (Å²) in [5, 5.41) is 1.13. The number of rotatable bonds is 2. The molecule has 2 heteroatoms. The van der Waals surface area contributed by atoms with Crippen LogP contribution in [-0.2, 0) is 0 Å². The van der Waals surface area contributed by atoms with Crippen molar-refractivity contribution in [3.63, 3.8) is 0 Å². The van der Waals surface area contributed by atoms with E-state index in [4.69, 9.17) is 4.74 Å². The zero-order valence-electron chi connectivity index (χ0n) is 7.40.